The van der Waals surface area contributed by atoms with Gasteiger partial charge in [-0.2, -0.15) is 0 Å². The Bertz CT molecular complexity index is 315. The topological polar surface area (TPSA) is 38.9 Å². The number of aromatic nitrogens is 1. The molecule has 15 heavy (non-hydrogen) atoms. The highest BCUT2D eigenvalue weighted by molar-refractivity contribution is 6.30. The maximum Gasteiger partial charge on any atom is 0.126 e. The molecule has 0 saturated carbocycles. The van der Waals surface area contributed by atoms with E-state index in [4.69, 9.17) is 28.9 Å². The minimum absolute atomic E-state index is 0.216. The molecule has 0 aliphatic heterocycles. The van der Waals surface area contributed by atoms with E-state index in [9.17, 15) is 0 Å². The normalized spacial score (nSPS) is 12.7. The monoisotopic (exact) mass is 246 g/mol. The van der Waals surface area contributed by atoms with E-state index in [-0.39, 0.29) is 5.38 Å². The predicted octanol–water partition coefficient (Wildman–Crippen LogP) is 3.66. The second kappa shape index (κ2) is 6.19. The van der Waals surface area contributed by atoms with Crippen molar-refractivity contribution in [3.8, 4) is 0 Å². The molecular weight excluding hydrogens is 231 g/mol. The van der Waals surface area contributed by atoms with Crippen molar-refractivity contribution in [2.45, 2.75) is 38.0 Å². The molecule has 0 saturated heterocycles. The fourth-order valence-corrected chi connectivity index (χ4v) is 1.97. The third-order valence-corrected chi connectivity index (χ3v) is 2.94. The van der Waals surface area contributed by atoms with Crippen LogP contribution in [-0.4, -0.2) is 10.4 Å². The number of aryl methyl sites for hydroxylation is 1. The van der Waals surface area contributed by atoms with Crippen molar-refractivity contribution >= 4 is 29.0 Å². The molecule has 0 aromatic carbocycles. The van der Waals surface area contributed by atoms with Crippen LogP contribution >= 0.6 is 23.2 Å². The Kier molecular flexibility index (Phi) is 5.20. The molecule has 1 aromatic heterocycles. The molecule has 0 aliphatic rings. The van der Waals surface area contributed by atoms with Gasteiger partial charge in [0.15, 0.2) is 0 Å². The van der Waals surface area contributed by atoms with Gasteiger partial charge < -0.3 is 5.73 Å². The molecule has 0 aliphatic carbocycles. The number of alkyl halides is 1. The molecule has 0 bridgehead atoms. The predicted molar refractivity (Wildman–Crippen MR) is 66.5 cm³/mol. The van der Waals surface area contributed by atoms with Crippen molar-refractivity contribution < 1.29 is 0 Å². The summed E-state index contributed by atoms with van der Waals surface area (Å²) in [7, 11) is 0. The molecule has 1 aromatic rings. The third-order valence-electron chi connectivity index (χ3n) is 2.30. The zero-order valence-corrected chi connectivity index (χ0v) is 10.4. The minimum Gasteiger partial charge on any atom is -0.383 e. The maximum atomic E-state index is 6.13. The van der Waals surface area contributed by atoms with Gasteiger partial charge in [-0.1, -0.05) is 24.9 Å². The van der Waals surface area contributed by atoms with Crippen molar-refractivity contribution in [2.24, 2.45) is 0 Å². The zero-order chi connectivity index (χ0) is 11.3. The van der Waals surface area contributed by atoms with Crippen LogP contribution in [0.4, 0.5) is 5.82 Å². The van der Waals surface area contributed by atoms with Crippen LogP contribution < -0.4 is 5.73 Å². The van der Waals surface area contributed by atoms with Crippen LogP contribution in [0.3, 0.4) is 0 Å². The lowest BCUT2D eigenvalue weighted by molar-refractivity contribution is 0.675. The molecular formula is C11H16Cl2N2. The SMILES string of the molecule is CCCC(Cl)CCc1cc(Cl)cnc1N. The summed E-state index contributed by atoms with van der Waals surface area (Å²) in [6.07, 6.45) is 5.46. The molecule has 1 rings (SSSR count). The average Bonchev–Trinajstić information content (AvgIpc) is 2.20. The number of nitrogen functional groups attached to an aromatic ring is 1. The summed E-state index contributed by atoms with van der Waals surface area (Å²) in [5.41, 5.74) is 6.73. The first-order valence-electron chi connectivity index (χ1n) is 5.17. The average molecular weight is 247 g/mol. The lowest BCUT2D eigenvalue weighted by Gasteiger charge is -2.09. The van der Waals surface area contributed by atoms with Gasteiger partial charge >= 0.3 is 0 Å². The molecule has 1 atom stereocenters. The van der Waals surface area contributed by atoms with E-state index >= 15 is 0 Å². The van der Waals surface area contributed by atoms with E-state index in [1.54, 1.807) is 6.20 Å². The van der Waals surface area contributed by atoms with Crippen LogP contribution in [0.2, 0.25) is 5.02 Å². The van der Waals surface area contributed by atoms with Crippen LogP contribution in [0.1, 0.15) is 31.7 Å². The zero-order valence-electron chi connectivity index (χ0n) is 8.84. The summed E-state index contributed by atoms with van der Waals surface area (Å²) >= 11 is 12.0. The Morgan fingerprint density at radius 2 is 2.20 bits per heavy atom. The number of hydrogen-bond acceptors (Lipinski definition) is 2. The highest BCUT2D eigenvalue weighted by atomic mass is 35.5. The highest BCUT2D eigenvalue weighted by Crippen LogP contribution is 2.19. The fourth-order valence-electron chi connectivity index (χ4n) is 1.46. The molecule has 0 fully saturated rings. The summed E-state index contributed by atoms with van der Waals surface area (Å²) in [4.78, 5) is 4.01. The molecule has 1 heterocycles. The van der Waals surface area contributed by atoms with Crippen molar-refractivity contribution in [1.29, 1.82) is 0 Å². The Morgan fingerprint density at radius 1 is 1.47 bits per heavy atom. The lowest BCUT2D eigenvalue weighted by Crippen LogP contribution is -2.03. The van der Waals surface area contributed by atoms with E-state index < -0.39 is 0 Å². The molecule has 84 valence electrons. The number of halogens is 2. The summed E-state index contributed by atoms with van der Waals surface area (Å²) in [5, 5.41) is 0.842. The maximum absolute atomic E-state index is 6.13. The summed E-state index contributed by atoms with van der Waals surface area (Å²) < 4.78 is 0. The van der Waals surface area contributed by atoms with Crippen molar-refractivity contribution in [3.63, 3.8) is 0 Å². The molecule has 2 N–H and O–H groups in total. The van der Waals surface area contributed by atoms with Gasteiger partial charge in [-0.25, -0.2) is 4.98 Å². The van der Waals surface area contributed by atoms with Crippen LogP contribution in [0, 0.1) is 0 Å². The van der Waals surface area contributed by atoms with Crippen molar-refractivity contribution in [2.75, 3.05) is 5.73 Å². The van der Waals surface area contributed by atoms with Gasteiger partial charge in [0.2, 0.25) is 0 Å². The number of pyridine rings is 1. The number of anilines is 1. The van der Waals surface area contributed by atoms with E-state index in [1.807, 2.05) is 6.07 Å². The van der Waals surface area contributed by atoms with Gasteiger partial charge in [-0.3, -0.25) is 0 Å². The first-order chi connectivity index (χ1) is 7.13. The van der Waals surface area contributed by atoms with Crippen LogP contribution in [0.5, 0.6) is 0 Å². The number of nitrogens with zero attached hydrogens (tertiary/aromatic N) is 1. The second-order valence-corrected chi connectivity index (χ2v) is 4.68. The second-order valence-electron chi connectivity index (χ2n) is 3.62. The molecule has 0 spiro atoms. The van der Waals surface area contributed by atoms with Crippen molar-refractivity contribution in [1.82, 2.24) is 4.98 Å². The van der Waals surface area contributed by atoms with E-state index in [1.165, 1.54) is 0 Å². The third kappa shape index (κ3) is 4.27. The first-order valence-corrected chi connectivity index (χ1v) is 5.99. The van der Waals surface area contributed by atoms with Crippen molar-refractivity contribution in [3.05, 3.63) is 22.8 Å². The molecule has 0 amide bonds. The molecule has 2 nitrogen and oxygen atoms in total. The summed E-state index contributed by atoms with van der Waals surface area (Å²) in [5.74, 6) is 0.555. The lowest BCUT2D eigenvalue weighted by atomic mass is 10.1. The Morgan fingerprint density at radius 3 is 2.87 bits per heavy atom. The summed E-state index contributed by atoms with van der Waals surface area (Å²) in [6, 6.07) is 1.86. The van der Waals surface area contributed by atoms with Gasteiger partial charge in [0.1, 0.15) is 5.82 Å². The largest absolute Gasteiger partial charge is 0.383 e. The van der Waals surface area contributed by atoms with E-state index in [0.29, 0.717) is 10.8 Å². The first kappa shape index (κ1) is 12.6. The molecule has 4 heteroatoms. The number of rotatable bonds is 5. The minimum atomic E-state index is 0.216. The van der Waals surface area contributed by atoms with Gasteiger partial charge in [0, 0.05) is 11.6 Å². The van der Waals surface area contributed by atoms with Crippen LogP contribution in [-0.2, 0) is 6.42 Å². The van der Waals surface area contributed by atoms with E-state index in [2.05, 4.69) is 11.9 Å². The van der Waals surface area contributed by atoms with Gasteiger partial charge in [0.25, 0.3) is 0 Å². The standard InChI is InChI=1S/C11H16Cl2N2/c1-2-3-9(12)5-4-8-6-10(13)7-15-11(8)14/h6-7,9H,2-5H2,1H3,(H2,14,15). The Hall–Kier alpha value is -0.470. The van der Waals surface area contributed by atoms with Crippen LogP contribution in [0.25, 0.3) is 0 Å². The molecule has 0 radical (unpaired) electrons. The Labute approximate surface area is 101 Å². The quantitative estimate of drug-likeness (QED) is 0.806. The van der Waals surface area contributed by atoms with Gasteiger partial charge in [0.05, 0.1) is 5.02 Å². The number of nitrogens with two attached hydrogens (primary N) is 1. The number of hydrogen-bond donors (Lipinski definition) is 1. The summed E-state index contributed by atoms with van der Waals surface area (Å²) in [6.45, 7) is 2.13. The van der Waals surface area contributed by atoms with E-state index in [0.717, 1.165) is 31.2 Å². The van der Waals surface area contributed by atoms with Crippen LogP contribution in [0.15, 0.2) is 12.3 Å². The molecule has 1 unspecified atom stereocenters. The highest BCUT2D eigenvalue weighted by Gasteiger charge is 2.06. The Balaban J connectivity index is 2.53. The smallest absolute Gasteiger partial charge is 0.126 e. The fraction of sp³-hybridized carbons (Fsp3) is 0.545. The van der Waals surface area contributed by atoms with Gasteiger partial charge in [-0.15, -0.1) is 11.6 Å². The van der Waals surface area contributed by atoms with Gasteiger partial charge in [-0.05, 0) is 30.9 Å².